The summed E-state index contributed by atoms with van der Waals surface area (Å²) in [5.41, 5.74) is 0.841. The molecule has 12 rings (SSSR count). The van der Waals surface area contributed by atoms with Gasteiger partial charge in [0.15, 0.2) is 25.2 Å². The molecular weight excluding hydrogens is 1560 g/mol. The van der Waals surface area contributed by atoms with E-state index < -0.39 is 184 Å². The second-order valence-electron chi connectivity index (χ2n) is 34.1. The molecule has 39 heteroatoms. The van der Waals surface area contributed by atoms with Crippen LogP contribution in [-0.2, 0) is 117 Å². The van der Waals surface area contributed by atoms with Gasteiger partial charge >= 0.3 is 0 Å². The second kappa shape index (κ2) is 45.9. The van der Waals surface area contributed by atoms with Gasteiger partial charge in [-0.15, -0.1) is 10.2 Å². The van der Waals surface area contributed by atoms with Crippen molar-refractivity contribution >= 4 is 23.6 Å². The summed E-state index contributed by atoms with van der Waals surface area (Å²) in [5, 5.41) is 132. The summed E-state index contributed by atoms with van der Waals surface area (Å²) < 4.78 is 95.7. The minimum absolute atomic E-state index is 0.0446. The van der Waals surface area contributed by atoms with Crippen molar-refractivity contribution in [1.82, 2.24) is 50.4 Å². The molecule has 8 heterocycles. The third kappa shape index (κ3) is 25.3. The molecule has 119 heavy (non-hydrogen) atoms. The van der Waals surface area contributed by atoms with Gasteiger partial charge in [0.2, 0.25) is 11.8 Å². The number of aliphatic hydroxyl groups is 10. The molecule has 10 fully saturated rings. The molecule has 2 aromatic heterocycles. The molecule has 4 amide bonds. The fourth-order valence-corrected chi connectivity index (χ4v) is 17.9. The summed E-state index contributed by atoms with van der Waals surface area (Å²) in [6.45, 7) is 9.35. The van der Waals surface area contributed by atoms with Crippen LogP contribution < -0.4 is 10.6 Å². The van der Waals surface area contributed by atoms with E-state index in [1.807, 2.05) is 13.8 Å². The maximum absolute atomic E-state index is 14.3. The average Bonchev–Trinajstić information content (AvgIpc) is 1.20. The van der Waals surface area contributed by atoms with E-state index in [1.165, 1.54) is 9.36 Å². The SMILES string of the molecule is CC1O[C@@H](O[C@@H]2C(C)CCC[C@H]2O[C@@H]2O[C@@H](CO)[C@H](O)C(O[C@@H](CC3CCCCC3)C(=O)N3CCC3)C2NC(=O)Cn2cc(COCCOCCOCCOCCOCc3cn(CC(=O)NC4C(O[C@@H](CC5CCCCC5)C(=O)N5CCC5)[C@@H](O)[C@H](CO)O[C@H]4O[C@@H]4CCCC(C)[C@H]4O[C@@H]4OC(C)[C@@H](O)[C@H](O)C4O)nn3)nn2)C(O)[C@@H](O)[C@@H]1O. The van der Waals surface area contributed by atoms with E-state index in [4.69, 9.17) is 71.1 Å². The molecule has 0 bridgehead atoms. The van der Waals surface area contributed by atoms with Crippen LogP contribution in [0.5, 0.6) is 0 Å². The van der Waals surface area contributed by atoms with E-state index in [9.17, 15) is 70.2 Å². The number of hydrogen-bond donors (Lipinski definition) is 12. The molecule has 6 saturated heterocycles. The second-order valence-corrected chi connectivity index (χ2v) is 34.1. The van der Waals surface area contributed by atoms with Crippen molar-refractivity contribution in [3.8, 4) is 0 Å². The average molecular weight is 1700 g/mol. The maximum atomic E-state index is 14.3. The van der Waals surface area contributed by atoms with E-state index in [2.05, 4.69) is 31.3 Å². The highest BCUT2D eigenvalue weighted by molar-refractivity contribution is 5.82. The minimum atomic E-state index is -1.58. The Morgan fingerprint density at radius 1 is 0.420 bits per heavy atom. The molecule has 4 saturated carbocycles. The number of likely N-dealkylation sites (tertiary alicyclic amines) is 2. The molecule has 0 spiro atoms. The van der Waals surface area contributed by atoms with Crippen LogP contribution >= 0.6 is 0 Å². The number of nitrogens with one attached hydrogen (secondary N) is 2. The van der Waals surface area contributed by atoms with Crippen LogP contribution in [0.3, 0.4) is 0 Å². The molecule has 28 atom stereocenters. The van der Waals surface area contributed by atoms with Gasteiger partial charge in [0.05, 0.1) is 128 Å². The Morgan fingerprint density at radius 3 is 1.14 bits per heavy atom. The highest BCUT2D eigenvalue weighted by Gasteiger charge is 2.55. The normalized spacial score (nSPS) is 36.2. The molecule has 4 aliphatic carbocycles. The van der Waals surface area contributed by atoms with Crippen molar-refractivity contribution < 1.29 is 141 Å². The molecule has 0 aromatic carbocycles. The Bertz CT molecular complexity index is 3160. The molecule has 6 aliphatic heterocycles. The zero-order chi connectivity index (χ0) is 84.2. The first kappa shape index (κ1) is 93.3. The van der Waals surface area contributed by atoms with Gasteiger partial charge in [-0.2, -0.15) is 0 Å². The van der Waals surface area contributed by atoms with E-state index in [1.54, 1.807) is 36.0 Å². The summed E-state index contributed by atoms with van der Waals surface area (Å²) in [5.74, 6) is -1.58. The van der Waals surface area contributed by atoms with E-state index in [0.717, 1.165) is 77.0 Å². The highest BCUT2D eigenvalue weighted by atomic mass is 16.7. The Hall–Kier alpha value is -4.84. The Balaban J connectivity index is 0.570. The first-order valence-corrected chi connectivity index (χ1v) is 43.6. The minimum Gasteiger partial charge on any atom is -0.394 e. The lowest BCUT2D eigenvalue weighted by molar-refractivity contribution is -0.336. The standard InChI is InChI=1S/C80H132N10O29/c1-45-15-11-21-53(71(45)118-79-69(101)67(99)63(95)47(3)110-79)114-77-61(73(65(97)57(41-91)116-77)112-55(75(103)87-23-13-24-87)35-49-17-7-5-8-18-49)81-59(93)39-89-37-51(83-85-89)43-108-33-31-106-29-27-105-28-30-107-32-34-109-44-52-38-90(86-84-52)40-60(94)82-62-74(113-56(76(104)88-25-14-26-88)36-50-19-9-6-10-20-50)66(98)58(42-92)117-78(62)115-54-22-12-16-46(2)72(54)119-80-70(102)68(100)64(96)48(4)111-80/h37-38,45-50,53-58,61-74,77-80,91-92,95-102H,5-36,39-44H2,1-4H3,(H,81,93)(H,82,94)/t45?,46?,47?,48?,53-,54-,55+,56+,57+,58+,61?,62?,63-,64-,65+,66+,67+,68+,69?,70?,71-,72-,73?,74?,77-,78-,79+,80+/m1/s1. The van der Waals surface area contributed by atoms with Crippen molar-refractivity contribution in [2.75, 3.05) is 92.2 Å². The van der Waals surface area contributed by atoms with Crippen molar-refractivity contribution in [3.05, 3.63) is 23.8 Å². The number of nitrogens with zero attached hydrogens (tertiary/aromatic N) is 8. The van der Waals surface area contributed by atoms with Crippen LogP contribution in [0, 0.1) is 23.7 Å². The number of hydrogen-bond acceptors (Lipinski definition) is 33. The summed E-state index contributed by atoms with van der Waals surface area (Å²) in [7, 11) is 0. The third-order valence-electron chi connectivity index (χ3n) is 25.2. The van der Waals surface area contributed by atoms with Gasteiger partial charge in [0, 0.05) is 26.2 Å². The number of ether oxygens (including phenoxy) is 15. The largest absolute Gasteiger partial charge is 0.394 e. The molecule has 10 aliphatic rings. The van der Waals surface area contributed by atoms with Crippen molar-refractivity contribution in [1.29, 1.82) is 0 Å². The van der Waals surface area contributed by atoms with Gasteiger partial charge < -0.3 is 143 Å². The molecule has 39 nitrogen and oxygen atoms in total. The first-order chi connectivity index (χ1) is 57.5. The van der Waals surface area contributed by atoms with Crippen LogP contribution in [0.25, 0.3) is 0 Å². The smallest absolute Gasteiger partial charge is 0.251 e. The predicted molar refractivity (Wildman–Crippen MR) is 412 cm³/mol. The number of amides is 4. The van der Waals surface area contributed by atoms with Crippen LogP contribution in [0.2, 0.25) is 0 Å². The third-order valence-corrected chi connectivity index (χ3v) is 25.2. The predicted octanol–water partition coefficient (Wildman–Crippen LogP) is -1.47. The lowest BCUT2D eigenvalue weighted by Gasteiger charge is -2.48. The maximum Gasteiger partial charge on any atom is 0.251 e. The molecule has 2 aromatic rings. The van der Waals surface area contributed by atoms with Gasteiger partial charge in [0.25, 0.3) is 11.8 Å². The first-order valence-electron chi connectivity index (χ1n) is 43.6. The van der Waals surface area contributed by atoms with Crippen LogP contribution in [0.1, 0.15) is 167 Å². The lowest BCUT2D eigenvalue weighted by Crippen LogP contribution is -2.67. The van der Waals surface area contributed by atoms with Crippen LogP contribution in [0.4, 0.5) is 0 Å². The molecular formula is C80H132N10O29. The van der Waals surface area contributed by atoms with E-state index >= 15 is 0 Å². The summed E-state index contributed by atoms with van der Waals surface area (Å²) in [6.07, 6.45) is -10.2. The van der Waals surface area contributed by atoms with Crippen LogP contribution in [0.15, 0.2) is 12.4 Å². The number of carbonyl (C=O) groups excluding carboxylic acids is 4. The Kier molecular flexibility index (Phi) is 36.0. The molecule has 10 unspecified atom stereocenters. The lowest BCUT2D eigenvalue weighted by atomic mass is 9.84. The summed E-state index contributed by atoms with van der Waals surface area (Å²) in [6, 6.07) is -2.52. The van der Waals surface area contributed by atoms with Crippen LogP contribution in [-0.4, -0.2) is 366 Å². The zero-order valence-electron chi connectivity index (χ0n) is 69.2. The topological polar surface area (TPSA) is 501 Å². The van der Waals surface area contributed by atoms with Gasteiger partial charge in [0.1, 0.15) is 122 Å². The summed E-state index contributed by atoms with van der Waals surface area (Å²) in [4.78, 5) is 60.6. The van der Waals surface area contributed by atoms with E-state index in [0.29, 0.717) is 88.9 Å². The number of carbonyl (C=O) groups is 4. The fraction of sp³-hybridized carbons (Fsp3) is 0.900. The monoisotopic (exact) mass is 1700 g/mol. The number of aliphatic hydroxyl groups excluding tert-OH is 10. The summed E-state index contributed by atoms with van der Waals surface area (Å²) >= 11 is 0. The quantitative estimate of drug-likeness (QED) is 0.0338. The molecule has 0 radical (unpaired) electrons. The van der Waals surface area contributed by atoms with Crippen molar-refractivity contribution in [3.63, 3.8) is 0 Å². The number of rotatable bonds is 42. The van der Waals surface area contributed by atoms with Gasteiger partial charge in [-0.05, 0) is 88.9 Å². The van der Waals surface area contributed by atoms with Crippen molar-refractivity contribution in [2.24, 2.45) is 23.7 Å². The highest BCUT2D eigenvalue weighted by Crippen LogP contribution is 2.41. The van der Waals surface area contributed by atoms with Gasteiger partial charge in [-0.25, -0.2) is 9.36 Å². The zero-order valence-corrected chi connectivity index (χ0v) is 69.2. The molecule has 676 valence electrons. The van der Waals surface area contributed by atoms with Gasteiger partial charge in [-0.1, -0.05) is 101 Å². The fourth-order valence-electron chi connectivity index (χ4n) is 17.9. The van der Waals surface area contributed by atoms with Crippen molar-refractivity contribution in [2.45, 2.75) is 342 Å². The molecule has 12 N–H and O–H groups in total. The van der Waals surface area contributed by atoms with Gasteiger partial charge in [-0.3, -0.25) is 19.2 Å². The van der Waals surface area contributed by atoms with E-state index in [-0.39, 0.29) is 115 Å². The number of aromatic nitrogens is 6. The Labute approximate surface area is 694 Å². The Morgan fingerprint density at radius 2 is 0.790 bits per heavy atom.